The van der Waals surface area contributed by atoms with Gasteiger partial charge in [0.25, 0.3) is 5.91 Å². The first-order valence-electron chi connectivity index (χ1n) is 10.4. The maximum atomic E-state index is 12.8. The van der Waals surface area contributed by atoms with Crippen LogP contribution in [-0.4, -0.2) is 26.2 Å². The number of hydrogen-bond acceptors (Lipinski definition) is 4. The van der Waals surface area contributed by atoms with Gasteiger partial charge in [0.1, 0.15) is 5.75 Å². The summed E-state index contributed by atoms with van der Waals surface area (Å²) in [6.45, 7) is 3.85. The number of nitrogens with one attached hydrogen (secondary N) is 1. The molecular formula is C24H31NO4. The Bertz CT molecular complexity index is 849. The van der Waals surface area contributed by atoms with Crippen molar-refractivity contribution in [3.05, 3.63) is 53.1 Å². The van der Waals surface area contributed by atoms with Crippen LogP contribution in [0.15, 0.2) is 36.4 Å². The summed E-state index contributed by atoms with van der Waals surface area (Å²) in [7, 11) is 3.22. The standard InChI is InChI=1S/C24H31NO4/c1-5-20(18-13-14-22(27-3)23(15-18)28-4)25-24(26)16(2)29-21-12-8-10-17-9-6-7-11-19(17)21/h8,10,12-16,20H,5-7,9,11H2,1-4H3,(H,25,26)/t16-,20-/m0/s1. The van der Waals surface area contributed by atoms with E-state index in [1.165, 1.54) is 24.0 Å². The van der Waals surface area contributed by atoms with Gasteiger partial charge in [-0.15, -0.1) is 0 Å². The molecule has 1 amide bonds. The number of carbonyl (C=O) groups excluding carboxylic acids is 1. The first-order valence-corrected chi connectivity index (χ1v) is 10.4. The Morgan fingerprint density at radius 1 is 1.03 bits per heavy atom. The minimum atomic E-state index is -0.572. The average Bonchev–Trinajstić information content (AvgIpc) is 2.77. The summed E-state index contributed by atoms with van der Waals surface area (Å²) in [5.41, 5.74) is 3.58. The van der Waals surface area contributed by atoms with Crippen LogP contribution < -0.4 is 19.5 Å². The van der Waals surface area contributed by atoms with Gasteiger partial charge in [-0.3, -0.25) is 4.79 Å². The highest BCUT2D eigenvalue weighted by atomic mass is 16.5. The van der Waals surface area contributed by atoms with Crippen LogP contribution in [0, 0.1) is 0 Å². The highest BCUT2D eigenvalue weighted by Gasteiger charge is 2.22. The topological polar surface area (TPSA) is 56.8 Å². The third kappa shape index (κ3) is 4.84. The van der Waals surface area contributed by atoms with E-state index in [-0.39, 0.29) is 11.9 Å². The Balaban J connectivity index is 1.70. The molecule has 5 nitrogen and oxygen atoms in total. The molecule has 0 saturated carbocycles. The fraction of sp³-hybridized carbons (Fsp3) is 0.458. The Morgan fingerprint density at radius 3 is 2.52 bits per heavy atom. The summed E-state index contributed by atoms with van der Waals surface area (Å²) < 4.78 is 16.8. The van der Waals surface area contributed by atoms with Crippen molar-refractivity contribution in [2.24, 2.45) is 0 Å². The zero-order valence-electron chi connectivity index (χ0n) is 17.8. The highest BCUT2D eigenvalue weighted by molar-refractivity contribution is 5.81. The number of methoxy groups -OCH3 is 2. The van der Waals surface area contributed by atoms with Crippen LogP contribution in [0.4, 0.5) is 0 Å². The zero-order valence-corrected chi connectivity index (χ0v) is 17.8. The summed E-state index contributed by atoms with van der Waals surface area (Å²) in [5.74, 6) is 2.03. The molecule has 1 N–H and O–H groups in total. The van der Waals surface area contributed by atoms with Crippen LogP contribution >= 0.6 is 0 Å². The Morgan fingerprint density at radius 2 is 1.79 bits per heavy atom. The van der Waals surface area contributed by atoms with Crippen molar-refractivity contribution in [2.45, 2.75) is 58.1 Å². The van der Waals surface area contributed by atoms with Crippen LogP contribution in [-0.2, 0) is 17.6 Å². The van der Waals surface area contributed by atoms with Crippen molar-refractivity contribution >= 4 is 5.91 Å². The lowest BCUT2D eigenvalue weighted by molar-refractivity contribution is -0.128. The number of fused-ring (bicyclic) bond motifs is 1. The van der Waals surface area contributed by atoms with Crippen molar-refractivity contribution in [2.75, 3.05) is 14.2 Å². The van der Waals surface area contributed by atoms with E-state index >= 15 is 0 Å². The first-order chi connectivity index (χ1) is 14.1. The Labute approximate surface area is 173 Å². The van der Waals surface area contributed by atoms with Crippen molar-refractivity contribution in [1.82, 2.24) is 5.32 Å². The van der Waals surface area contributed by atoms with Gasteiger partial charge < -0.3 is 19.5 Å². The van der Waals surface area contributed by atoms with Gasteiger partial charge in [0.15, 0.2) is 17.6 Å². The molecule has 156 valence electrons. The van der Waals surface area contributed by atoms with E-state index in [1.54, 1.807) is 21.1 Å². The normalized spacial score (nSPS) is 15.0. The molecule has 0 fully saturated rings. The summed E-state index contributed by atoms with van der Waals surface area (Å²) in [4.78, 5) is 12.8. The third-order valence-electron chi connectivity index (χ3n) is 5.56. The minimum absolute atomic E-state index is 0.125. The molecule has 0 aliphatic heterocycles. The maximum absolute atomic E-state index is 12.8. The average molecular weight is 398 g/mol. The lowest BCUT2D eigenvalue weighted by atomic mass is 9.91. The van der Waals surface area contributed by atoms with Crippen LogP contribution in [0.3, 0.4) is 0 Å². The quantitative estimate of drug-likeness (QED) is 0.706. The molecule has 0 spiro atoms. The molecule has 1 aliphatic rings. The van der Waals surface area contributed by atoms with Crippen LogP contribution in [0.25, 0.3) is 0 Å². The van der Waals surface area contributed by atoms with Crippen molar-refractivity contribution in [3.63, 3.8) is 0 Å². The molecule has 0 aromatic heterocycles. The molecule has 2 aromatic rings. The lowest BCUT2D eigenvalue weighted by Crippen LogP contribution is -2.38. The van der Waals surface area contributed by atoms with Gasteiger partial charge in [-0.25, -0.2) is 0 Å². The van der Waals surface area contributed by atoms with Crippen LogP contribution in [0.2, 0.25) is 0 Å². The maximum Gasteiger partial charge on any atom is 0.261 e. The van der Waals surface area contributed by atoms with Crippen LogP contribution in [0.5, 0.6) is 17.2 Å². The molecule has 0 bridgehead atoms. The van der Waals surface area contributed by atoms with Gasteiger partial charge in [-0.2, -0.15) is 0 Å². The number of ether oxygens (including phenoxy) is 3. The van der Waals surface area contributed by atoms with E-state index < -0.39 is 6.10 Å². The number of amides is 1. The third-order valence-corrected chi connectivity index (χ3v) is 5.56. The molecule has 1 aliphatic carbocycles. The second kappa shape index (κ2) is 9.68. The number of hydrogen-bond donors (Lipinski definition) is 1. The number of aryl methyl sites for hydroxylation is 1. The monoisotopic (exact) mass is 397 g/mol. The van der Waals surface area contributed by atoms with Crippen molar-refractivity contribution in [1.29, 1.82) is 0 Å². The molecule has 2 aromatic carbocycles. The minimum Gasteiger partial charge on any atom is -0.493 e. The Kier molecular flexibility index (Phi) is 7.02. The lowest BCUT2D eigenvalue weighted by Gasteiger charge is -2.24. The van der Waals surface area contributed by atoms with Gasteiger partial charge in [0, 0.05) is 0 Å². The van der Waals surface area contributed by atoms with Gasteiger partial charge >= 0.3 is 0 Å². The van der Waals surface area contributed by atoms with Gasteiger partial charge in [0.2, 0.25) is 0 Å². The largest absolute Gasteiger partial charge is 0.493 e. The molecule has 5 heteroatoms. The van der Waals surface area contributed by atoms with E-state index in [1.807, 2.05) is 37.3 Å². The molecule has 2 atom stereocenters. The van der Waals surface area contributed by atoms with Gasteiger partial charge in [-0.05, 0) is 73.9 Å². The SMILES string of the molecule is CC[C@H](NC(=O)[C@H](C)Oc1cccc2c1CCCC2)c1ccc(OC)c(OC)c1. The molecule has 3 rings (SSSR count). The number of benzene rings is 2. The smallest absolute Gasteiger partial charge is 0.261 e. The van der Waals surface area contributed by atoms with Gasteiger partial charge in [0.05, 0.1) is 20.3 Å². The van der Waals surface area contributed by atoms with Crippen molar-refractivity contribution < 1.29 is 19.0 Å². The van der Waals surface area contributed by atoms with Crippen LogP contribution in [0.1, 0.15) is 55.8 Å². The Hall–Kier alpha value is -2.69. The summed E-state index contributed by atoms with van der Waals surface area (Å²) >= 11 is 0. The second-order valence-corrected chi connectivity index (χ2v) is 7.44. The molecular weight excluding hydrogens is 366 g/mol. The predicted octanol–water partition coefficient (Wildman–Crippen LogP) is 4.62. The first kappa shape index (κ1) is 21.0. The fourth-order valence-electron chi connectivity index (χ4n) is 3.88. The molecule has 0 unspecified atom stereocenters. The number of carbonyl (C=O) groups is 1. The van der Waals surface area contributed by atoms with E-state index in [9.17, 15) is 4.79 Å². The molecule has 0 saturated heterocycles. The van der Waals surface area contributed by atoms with E-state index in [4.69, 9.17) is 14.2 Å². The highest BCUT2D eigenvalue weighted by Crippen LogP contribution is 2.32. The summed E-state index contributed by atoms with van der Waals surface area (Å²) in [6, 6.07) is 11.7. The van der Waals surface area contributed by atoms with E-state index in [0.29, 0.717) is 11.5 Å². The fourth-order valence-corrected chi connectivity index (χ4v) is 3.88. The molecule has 0 heterocycles. The molecule has 29 heavy (non-hydrogen) atoms. The summed E-state index contributed by atoms with van der Waals surface area (Å²) in [6.07, 6.45) is 4.68. The summed E-state index contributed by atoms with van der Waals surface area (Å²) in [5, 5.41) is 3.11. The van der Waals surface area contributed by atoms with E-state index in [0.717, 1.165) is 30.6 Å². The van der Waals surface area contributed by atoms with E-state index in [2.05, 4.69) is 11.4 Å². The zero-order chi connectivity index (χ0) is 20.8. The van der Waals surface area contributed by atoms with Gasteiger partial charge in [-0.1, -0.05) is 25.1 Å². The second-order valence-electron chi connectivity index (χ2n) is 7.44. The van der Waals surface area contributed by atoms with Crippen molar-refractivity contribution in [3.8, 4) is 17.2 Å². The molecule has 0 radical (unpaired) electrons. The number of rotatable bonds is 8. The predicted molar refractivity (Wildman–Crippen MR) is 114 cm³/mol.